The van der Waals surface area contributed by atoms with Gasteiger partial charge in [-0.2, -0.15) is 0 Å². The van der Waals surface area contributed by atoms with E-state index < -0.39 is 0 Å². The van der Waals surface area contributed by atoms with Crippen molar-refractivity contribution in [3.8, 4) is 0 Å². The molecule has 1 heterocycles. The lowest BCUT2D eigenvalue weighted by Crippen LogP contribution is -2.26. The number of imidazole rings is 1. The highest BCUT2D eigenvalue weighted by molar-refractivity contribution is 6.31. The molecule has 0 fully saturated rings. The summed E-state index contributed by atoms with van der Waals surface area (Å²) < 4.78 is 16.3. The largest absolute Gasteiger partial charge is 0.352 e. The molecule has 0 aliphatic carbocycles. The van der Waals surface area contributed by atoms with Gasteiger partial charge >= 0.3 is 0 Å². The van der Waals surface area contributed by atoms with Gasteiger partial charge in [0.15, 0.2) is 0 Å². The van der Waals surface area contributed by atoms with Crippen LogP contribution < -0.4 is 5.32 Å². The van der Waals surface area contributed by atoms with Crippen molar-refractivity contribution in [2.75, 3.05) is 6.54 Å². The Balaban J connectivity index is 1.56. The lowest BCUT2D eigenvalue weighted by atomic mass is 10.2. The van der Waals surface area contributed by atoms with Crippen LogP contribution in [0.1, 0.15) is 21.7 Å². The van der Waals surface area contributed by atoms with E-state index in [1.807, 2.05) is 28.8 Å². The summed E-state index contributed by atoms with van der Waals surface area (Å²) in [5.41, 5.74) is 2.64. The highest BCUT2D eigenvalue weighted by atomic mass is 35.5. The molecule has 0 saturated heterocycles. The minimum Gasteiger partial charge on any atom is -0.352 e. The Hall–Kier alpha value is -2.89. The Bertz CT molecular complexity index is 1180. The van der Waals surface area contributed by atoms with Crippen molar-refractivity contribution in [2.45, 2.75) is 13.0 Å². The Morgan fingerprint density at radius 2 is 1.77 bits per heavy atom. The van der Waals surface area contributed by atoms with Crippen LogP contribution in [0.3, 0.4) is 0 Å². The summed E-state index contributed by atoms with van der Waals surface area (Å²) in [4.78, 5) is 17.0. The zero-order chi connectivity index (χ0) is 21.1. The normalized spacial score (nSPS) is 11.0. The Kier molecular flexibility index (Phi) is 6.02. The molecule has 0 aliphatic rings. The first-order valence-electron chi connectivity index (χ1n) is 9.44. The molecule has 0 spiro atoms. The fourth-order valence-electron chi connectivity index (χ4n) is 3.33. The number of carbonyl (C=O) groups is 1. The maximum Gasteiger partial charge on any atom is 0.251 e. The van der Waals surface area contributed by atoms with Crippen molar-refractivity contribution in [2.24, 2.45) is 0 Å². The second-order valence-corrected chi connectivity index (χ2v) is 7.66. The molecule has 7 heteroatoms. The van der Waals surface area contributed by atoms with Gasteiger partial charge in [0.05, 0.1) is 17.6 Å². The van der Waals surface area contributed by atoms with Crippen LogP contribution >= 0.6 is 23.2 Å². The molecule has 3 aromatic carbocycles. The van der Waals surface area contributed by atoms with Crippen LogP contribution in [-0.4, -0.2) is 22.0 Å². The lowest BCUT2D eigenvalue weighted by Gasteiger charge is -2.12. The highest BCUT2D eigenvalue weighted by Gasteiger charge is 2.15. The SMILES string of the molecule is O=C(NCCc1nc2ccccc2n1Cc1c(F)cccc1Cl)c1ccc(Cl)cc1. The zero-order valence-corrected chi connectivity index (χ0v) is 17.4. The highest BCUT2D eigenvalue weighted by Crippen LogP contribution is 2.24. The van der Waals surface area contributed by atoms with Crippen molar-refractivity contribution >= 4 is 40.1 Å². The fourth-order valence-corrected chi connectivity index (χ4v) is 3.67. The van der Waals surface area contributed by atoms with Gasteiger partial charge in [0, 0.05) is 34.1 Å². The Morgan fingerprint density at radius 1 is 1.00 bits per heavy atom. The number of fused-ring (bicyclic) bond motifs is 1. The van der Waals surface area contributed by atoms with E-state index in [0.717, 1.165) is 16.9 Å². The average molecular weight is 442 g/mol. The van der Waals surface area contributed by atoms with Crippen molar-refractivity contribution < 1.29 is 9.18 Å². The molecule has 4 nitrogen and oxygen atoms in total. The third-order valence-electron chi connectivity index (χ3n) is 4.85. The van der Waals surface area contributed by atoms with Crippen LogP contribution in [0.2, 0.25) is 10.0 Å². The molecule has 4 rings (SSSR count). The van der Waals surface area contributed by atoms with Crippen LogP contribution in [0.15, 0.2) is 66.7 Å². The van der Waals surface area contributed by atoms with Crippen LogP contribution in [0, 0.1) is 5.82 Å². The number of aromatic nitrogens is 2. The van der Waals surface area contributed by atoms with E-state index in [0.29, 0.717) is 34.1 Å². The van der Waals surface area contributed by atoms with Gasteiger partial charge in [-0.3, -0.25) is 4.79 Å². The smallest absolute Gasteiger partial charge is 0.251 e. The molecule has 1 amide bonds. The Labute approximate surface area is 183 Å². The molecular formula is C23H18Cl2FN3O. The van der Waals surface area contributed by atoms with E-state index in [9.17, 15) is 9.18 Å². The molecular weight excluding hydrogens is 424 g/mol. The van der Waals surface area contributed by atoms with Crippen molar-refractivity contribution in [1.82, 2.24) is 14.9 Å². The maximum absolute atomic E-state index is 14.4. The minimum absolute atomic E-state index is 0.188. The zero-order valence-electron chi connectivity index (χ0n) is 15.9. The van der Waals surface area contributed by atoms with Crippen molar-refractivity contribution in [3.05, 3.63) is 99.5 Å². The third-order valence-corrected chi connectivity index (χ3v) is 5.46. The summed E-state index contributed by atoms with van der Waals surface area (Å²) in [6, 6.07) is 19.0. The third kappa shape index (κ3) is 4.32. The van der Waals surface area contributed by atoms with Crippen LogP contribution in [-0.2, 0) is 13.0 Å². The first-order valence-corrected chi connectivity index (χ1v) is 10.2. The van der Waals surface area contributed by atoms with Crippen molar-refractivity contribution in [1.29, 1.82) is 0 Å². The van der Waals surface area contributed by atoms with Gasteiger partial charge in [-0.15, -0.1) is 0 Å². The maximum atomic E-state index is 14.4. The summed E-state index contributed by atoms with van der Waals surface area (Å²) in [5, 5.41) is 3.84. The first kappa shape index (κ1) is 20.4. The number of benzene rings is 3. The number of hydrogen-bond donors (Lipinski definition) is 1. The summed E-state index contributed by atoms with van der Waals surface area (Å²) >= 11 is 12.1. The fraction of sp³-hybridized carbons (Fsp3) is 0.130. The number of amides is 1. The predicted octanol–water partition coefficient (Wildman–Crippen LogP) is 5.50. The van der Waals surface area contributed by atoms with Crippen molar-refractivity contribution in [3.63, 3.8) is 0 Å². The topological polar surface area (TPSA) is 46.9 Å². The van der Waals surface area contributed by atoms with Crippen LogP contribution in [0.4, 0.5) is 4.39 Å². The quantitative estimate of drug-likeness (QED) is 0.429. The molecule has 30 heavy (non-hydrogen) atoms. The summed E-state index contributed by atoms with van der Waals surface area (Å²) in [7, 11) is 0. The van der Waals surface area contributed by atoms with E-state index in [-0.39, 0.29) is 18.3 Å². The van der Waals surface area contributed by atoms with Gasteiger partial charge < -0.3 is 9.88 Å². The number of hydrogen-bond acceptors (Lipinski definition) is 2. The molecule has 0 unspecified atom stereocenters. The minimum atomic E-state index is -0.359. The van der Waals surface area contributed by atoms with Gasteiger partial charge in [-0.25, -0.2) is 9.37 Å². The molecule has 1 aromatic heterocycles. The van der Waals surface area contributed by atoms with E-state index in [1.54, 1.807) is 36.4 Å². The predicted molar refractivity (Wildman–Crippen MR) is 118 cm³/mol. The molecule has 0 saturated carbocycles. The van der Waals surface area contributed by atoms with Gasteiger partial charge in [-0.1, -0.05) is 41.4 Å². The van der Waals surface area contributed by atoms with E-state index in [4.69, 9.17) is 23.2 Å². The second-order valence-electron chi connectivity index (χ2n) is 6.82. The van der Waals surface area contributed by atoms with Crippen LogP contribution in [0.25, 0.3) is 11.0 Å². The lowest BCUT2D eigenvalue weighted by molar-refractivity contribution is 0.0954. The van der Waals surface area contributed by atoms with Gasteiger partial charge in [0.1, 0.15) is 11.6 Å². The van der Waals surface area contributed by atoms with E-state index >= 15 is 0 Å². The number of nitrogens with zero attached hydrogens (tertiary/aromatic N) is 2. The van der Waals surface area contributed by atoms with E-state index in [2.05, 4.69) is 10.3 Å². The summed E-state index contributed by atoms with van der Waals surface area (Å²) in [6.07, 6.45) is 0.486. The van der Waals surface area contributed by atoms with Gasteiger partial charge in [0.2, 0.25) is 0 Å². The number of carbonyl (C=O) groups excluding carboxylic acids is 1. The Morgan fingerprint density at radius 3 is 2.53 bits per heavy atom. The number of rotatable bonds is 6. The number of para-hydroxylation sites is 2. The van der Waals surface area contributed by atoms with Gasteiger partial charge in [0.25, 0.3) is 5.91 Å². The molecule has 1 N–H and O–H groups in total. The molecule has 4 aromatic rings. The average Bonchev–Trinajstić information content (AvgIpc) is 3.08. The molecule has 0 bridgehead atoms. The summed E-state index contributed by atoms with van der Waals surface area (Å²) in [5.74, 6) is 0.195. The monoisotopic (exact) mass is 441 g/mol. The standard InChI is InChI=1S/C23H18Cl2FN3O/c24-16-10-8-15(9-11-16)23(30)27-13-12-22-28-20-6-1-2-7-21(20)29(22)14-17-18(25)4-3-5-19(17)26/h1-11H,12-14H2,(H,27,30). The first-order chi connectivity index (χ1) is 14.5. The molecule has 0 radical (unpaired) electrons. The number of nitrogens with one attached hydrogen (secondary N) is 1. The second kappa shape index (κ2) is 8.86. The number of halogens is 3. The molecule has 0 aliphatic heterocycles. The molecule has 152 valence electrons. The molecule has 0 atom stereocenters. The summed E-state index contributed by atoms with van der Waals surface area (Å²) in [6.45, 7) is 0.641. The van der Waals surface area contributed by atoms with E-state index in [1.165, 1.54) is 6.07 Å². The van der Waals surface area contributed by atoms with Crippen LogP contribution in [0.5, 0.6) is 0 Å². The van der Waals surface area contributed by atoms with Gasteiger partial charge in [-0.05, 0) is 48.5 Å².